The van der Waals surface area contributed by atoms with E-state index in [-0.39, 0.29) is 0 Å². The Kier molecular flexibility index (Phi) is 8.48. The molecule has 0 saturated carbocycles. The molecule has 0 aliphatic rings. The largest absolute Gasteiger partial charge is 0.456 e. The van der Waals surface area contributed by atoms with Crippen molar-refractivity contribution >= 4 is 21.9 Å². The number of furan rings is 1. The maximum Gasteiger partial charge on any atom is 0.164 e. The Morgan fingerprint density at radius 3 is 1.56 bits per heavy atom. The Hall–Kier alpha value is -7.94. The highest BCUT2D eigenvalue weighted by atomic mass is 16.3. The Bertz CT molecular complexity index is 3110. The molecule has 57 heavy (non-hydrogen) atoms. The van der Waals surface area contributed by atoms with Gasteiger partial charge >= 0.3 is 0 Å². The summed E-state index contributed by atoms with van der Waals surface area (Å²) in [4.78, 5) is 15.3. The molecule has 5 heteroatoms. The number of rotatable bonds is 7. The van der Waals surface area contributed by atoms with Crippen molar-refractivity contribution in [2.75, 3.05) is 0 Å². The van der Waals surface area contributed by atoms with Gasteiger partial charge in [-0.05, 0) is 87.0 Å². The van der Waals surface area contributed by atoms with Gasteiger partial charge in [0.05, 0.1) is 11.6 Å². The van der Waals surface area contributed by atoms with E-state index in [1.165, 1.54) is 11.1 Å². The summed E-state index contributed by atoms with van der Waals surface area (Å²) in [5.74, 6) is 1.62. The molecule has 0 N–H and O–H groups in total. The molecule has 0 atom stereocenters. The van der Waals surface area contributed by atoms with Crippen LogP contribution in [0.2, 0.25) is 0 Å². The van der Waals surface area contributed by atoms with Crippen molar-refractivity contribution in [3.05, 3.63) is 200 Å². The summed E-state index contributed by atoms with van der Waals surface area (Å²) in [5.41, 5.74) is 13.1. The van der Waals surface area contributed by atoms with Crippen LogP contribution >= 0.6 is 0 Å². The molecule has 2 heterocycles. The first-order chi connectivity index (χ1) is 28.2. The SMILES string of the molecule is N#Cc1ccccc1-c1cc(-c2ccccc2)cc(-c2nc(-c3ccccc3)nc(-c3ccc4c(c3)oc3cccc(-c5ccc(-c6ccccc6)cc5)c34)n2)c1. The van der Waals surface area contributed by atoms with Crippen molar-refractivity contribution in [3.8, 4) is 84.7 Å². The first-order valence-corrected chi connectivity index (χ1v) is 18.8. The summed E-state index contributed by atoms with van der Waals surface area (Å²) < 4.78 is 6.55. The van der Waals surface area contributed by atoms with Crippen LogP contribution in [0.4, 0.5) is 0 Å². The van der Waals surface area contributed by atoms with Gasteiger partial charge in [-0.15, -0.1) is 0 Å². The lowest BCUT2D eigenvalue weighted by Gasteiger charge is -2.13. The van der Waals surface area contributed by atoms with Gasteiger partial charge in [0.15, 0.2) is 17.5 Å². The third-order valence-electron chi connectivity index (χ3n) is 10.4. The summed E-state index contributed by atoms with van der Waals surface area (Å²) in [6.07, 6.45) is 0. The fourth-order valence-corrected chi connectivity index (χ4v) is 7.57. The van der Waals surface area contributed by atoms with Crippen molar-refractivity contribution in [2.45, 2.75) is 0 Å². The molecule has 10 aromatic rings. The molecule has 2 aromatic heterocycles. The minimum atomic E-state index is 0.526. The van der Waals surface area contributed by atoms with Gasteiger partial charge in [0.2, 0.25) is 0 Å². The van der Waals surface area contributed by atoms with E-state index in [0.29, 0.717) is 23.0 Å². The standard InChI is InChI=1S/C52H32N4O/c53-33-40-19-10-11-20-44(40)42-29-41(35-15-6-2-7-16-35)30-43(31-42)52-55-50(38-17-8-3-9-18-38)54-51(56-52)39-27-28-46-48(32-39)57-47-22-12-21-45(49(46)47)37-25-23-36(24-26-37)34-13-4-1-5-14-34/h1-32H. The van der Waals surface area contributed by atoms with Gasteiger partial charge in [-0.3, -0.25) is 0 Å². The summed E-state index contributed by atoms with van der Waals surface area (Å²) in [6, 6.07) is 68.1. The minimum Gasteiger partial charge on any atom is -0.456 e. The Labute approximate surface area is 329 Å². The highest BCUT2D eigenvalue weighted by molar-refractivity contribution is 6.13. The highest BCUT2D eigenvalue weighted by Crippen LogP contribution is 2.39. The molecule has 0 bridgehead atoms. The van der Waals surface area contributed by atoms with Crippen molar-refractivity contribution in [2.24, 2.45) is 0 Å². The first-order valence-electron chi connectivity index (χ1n) is 18.8. The topological polar surface area (TPSA) is 75.6 Å². The summed E-state index contributed by atoms with van der Waals surface area (Å²) >= 11 is 0. The fourth-order valence-electron chi connectivity index (χ4n) is 7.57. The van der Waals surface area contributed by atoms with Gasteiger partial charge in [0.25, 0.3) is 0 Å². The second-order valence-electron chi connectivity index (χ2n) is 13.9. The molecule has 0 aliphatic heterocycles. The minimum absolute atomic E-state index is 0.526. The van der Waals surface area contributed by atoms with E-state index in [4.69, 9.17) is 19.4 Å². The van der Waals surface area contributed by atoms with Crippen LogP contribution in [0.5, 0.6) is 0 Å². The lowest BCUT2D eigenvalue weighted by molar-refractivity contribution is 0.669. The molecule has 0 unspecified atom stereocenters. The monoisotopic (exact) mass is 728 g/mol. The molecule has 8 aromatic carbocycles. The predicted molar refractivity (Wildman–Crippen MR) is 230 cm³/mol. The van der Waals surface area contributed by atoms with Crippen LogP contribution < -0.4 is 0 Å². The Morgan fingerprint density at radius 2 is 0.860 bits per heavy atom. The molecule has 0 spiro atoms. The zero-order valence-corrected chi connectivity index (χ0v) is 30.7. The van der Waals surface area contributed by atoms with Crippen LogP contribution in [0, 0.1) is 11.3 Å². The average Bonchev–Trinajstić information content (AvgIpc) is 3.68. The van der Waals surface area contributed by atoms with Gasteiger partial charge in [-0.25, -0.2) is 15.0 Å². The number of aromatic nitrogens is 3. The molecule has 5 nitrogen and oxygen atoms in total. The van der Waals surface area contributed by atoms with E-state index in [0.717, 1.165) is 72.0 Å². The molecule has 0 amide bonds. The van der Waals surface area contributed by atoms with Crippen LogP contribution in [0.1, 0.15) is 5.56 Å². The van der Waals surface area contributed by atoms with Gasteiger partial charge in [0, 0.05) is 27.5 Å². The van der Waals surface area contributed by atoms with E-state index in [1.54, 1.807) is 0 Å². The van der Waals surface area contributed by atoms with Gasteiger partial charge in [-0.1, -0.05) is 152 Å². The van der Waals surface area contributed by atoms with Crippen molar-refractivity contribution in [1.82, 2.24) is 15.0 Å². The third-order valence-corrected chi connectivity index (χ3v) is 10.4. The number of nitriles is 1. The number of benzene rings is 8. The van der Waals surface area contributed by atoms with Crippen molar-refractivity contribution in [3.63, 3.8) is 0 Å². The lowest BCUT2D eigenvalue weighted by Crippen LogP contribution is -2.00. The van der Waals surface area contributed by atoms with Gasteiger partial charge < -0.3 is 4.42 Å². The second kappa shape index (κ2) is 14.4. The smallest absolute Gasteiger partial charge is 0.164 e. The number of hydrogen-bond acceptors (Lipinski definition) is 5. The molecular weight excluding hydrogens is 697 g/mol. The molecular formula is C52H32N4O. The normalized spacial score (nSPS) is 11.1. The van der Waals surface area contributed by atoms with Crippen LogP contribution in [-0.2, 0) is 0 Å². The maximum atomic E-state index is 10.0. The number of nitrogens with zero attached hydrogens (tertiary/aromatic N) is 4. The van der Waals surface area contributed by atoms with E-state index >= 15 is 0 Å². The molecule has 0 saturated heterocycles. The summed E-state index contributed by atoms with van der Waals surface area (Å²) in [6.45, 7) is 0. The van der Waals surface area contributed by atoms with Crippen LogP contribution in [-0.4, -0.2) is 15.0 Å². The van der Waals surface area contributed by atoms with Gasteiger partial charge in [-0.2, -0.15) is 5.26 Å². The fraction of sp³-hybridized carbons (Fsp3) is 0. The highest BCUT2D eigenvalue weighted by Gasteiger charge is 2.18. The molecule has 0 radical (unpaired) electrons. The second-order valence-corrected chi connectivity index (χ2v) is 13.9. The summed E-state index contributed by atoms with van der Waals surface area (Å²) in [5, 5.41) is 12.1. The van der Waals surface area contributed by atoms with Crippen LogP contribution in [0.3, 0.4) is 0 Å². The molecule has 10 rings (SSSR count). The lowest BCUT2D eigenvalue weighted by atomic mass is 9.93. The average molecular weight is 729 g/mol. The quantitative estimate of drug-likeness (QED) is 0.163. The van der Waals surface area contributed by atoms with Crippen LogP contribution in [0.25, 0.3) is 101 Å². The number of fused-ring (bicyclic) bond motifs is 3. The Morgan fingerprint density at radius 1 is 0.351 bits per heavy atom. The molecule has 0 aliphatic carbocycles. The first kappa shape index (κ1) is 33.6. The van der Waals surface area contributed by atoms with E-state index in [2.05, 4.69) is 103 Å². The maximum absolute atomic E-state index is 10.0. The Balaban J connectivity index is 1.11. The zero-order chi connectivity index (χ0) is 38.1. The molecule has 266 valence electrons. The van der Waals surface area contributed by atoms with Crippen molar-refractivity contribution < 1.29 is 4.42 Å². The third kappa shape index (κ3) is 6.42. The van der Waals surface area contributed by atoms with Gasteiger partial charge in [0.1, 0.15) is 11.2 Å². The summed E-state index contributed by atoms with van der Waals surface area (Å²) in [7, 11) is 0. The van der Waals surface area contributed by atoms with Crippen molar-refractivity contribution in [1.29, 1.82) is 5.26 Å². The van der Waals surface area contributed by atoms with E-state index < -0.39 is 0 Å². The number of hydrogen-bond donors (Lipinski definition) is 0. The van der Waals surface area contributed by atoms with E-state index in [9.17, 15) is 5.26 Å². The van der Waals surface area contributed by atoms with E-state index in [1.807, 2.05) is 97.1 Å². The predicted octanol–water partition coefficient (Wildman–Crippen LogP) is 13.3. The molecule has 0 fully saturated rings. The zero-order valence-electron chi connectivity index (χ0n) is 30.7. The van der Waals surface area contributed by atoms with Crippen LogP contribution in [0.15, 0.2) is 199 Å².